The molecule has 0 aliphatic rings. The molecular formula is C12H17NO5S. The van der Waals surface area contributed by atoms with Crippen molar-refractivity contribution in [2.24, 2.45) is 0 Å². The van der Waals surface area contributed by atoms with Gasteiger partial charge in [0.25, 0.3) is 0 Å². The van der Waals surface area contributed by atoms with E-state index < -0.39 is 22.0 Å². The van der Waals surface area contributed by atoms with Crippen molar-refractivity contribution in [3.63, 3.8) is 0 Å². The van der Waals surface area contributed by atoms with Crippen LogP contribution in [0.4, 0.5) is 0 Å². The molecule has 0 amide bonds. The molecule has 1 aromatic carbocycles. The van der Waals surface area contributed by atoms with Crippen LogP contribution in [0.1, 0.15) is 18.5 Å². The molecule has 1 rings (SSSR count). The number of hydrogen-bond donors (Lipinski definition) is 2. The Morgan fingerprint density at radius 3 is 2.53 bits per heavy atom. The normalized spacial score (nSPS) is 13.1. The van der Waals surface area contributed by atoms with E-state index in [1.54, 1.807) is 37.3 Å². The predicted molar refractivity (Wildman–Crippen MR) is 70.2 cm³/mol. The predicted octanol–water partition coefficient (Wildman–Crippen LogP) is 0.768. The van der Waals surface area contributed by atoms with Crippen LogP contribution in [0.5, 0.6) is 0 Å². The maximum Gasteiger partial charge on any atom is 0.326 e. The smallest absolute Gasteiger partial charge is 0.326 e. The zero-order valence-corrected chi connectivity index (χ0v) is 11.4. The first-order valence-corrected chi connectivity index (χ1v) is 7.47. The molecule has 106 valence electrons. The van der Waals surface area contributed by atoms with Crippen LogP contribution in [0, 0.1) is 0 Å². The molecule has 1 atom stereocenters. The summed E-state index contributed by atoms with van der Waals surface area (Å²) in [6, 6.07) is 6.87. The third kappa shape index (κ3) is 5.37. The van der Waals surface area contributed by atoms with Crippen molar-refractivity contribution in [1.82, 2.24) is 4.72 Å². The lowest BCUT2D eigenvalue weighted by atomic mass is 10.1. The maximum absolute atomic E-state index is 11.7. The van der Waals surface area contributed by atoms with E-state index in [4.69, 9.17) is 9.84 Å². The maximum atomic E-state index is 11.7. The molecule has 1 aromatic rings. The number of hydrogen-bond acceptors (Lipinski definition) is 4. The molecular weight excluding hydrogens is 270 g/mol. The summed E-state index contributed by atoms with van der Waals surface area (Å²) in [5, 5.41) is 9.10. The third-order valence-electron chi connectivity index (χ3n) is 2.38. The number of ether oxygens (including phenoxy) is 1. The molecule has 0 heterocycles. The molecule has 7 heteroatoms. The van der Waals surface area contributed by atoms with Crippen molar-refractivity contribution >= 4 is 16.0 Å². The second-order valence-corrected chi connectivity index (χ2v) is 5.69. The Hall–Kier alpha value is -1.44. The topological polar surface area (TPSA) is 92.7 Å². The van der Waals surface area contributed by atoms with E-state index in [9.17, 15) is 13.2 Å². The second-order valence-electron chi connectivity index (χ2n) is 3.82. The molecule has 0 aliphatic heterocycles. The average molecular weight is 287 g/mol. The molecule has 0 aliphatic carbocycles. The Morgan fingerprint density at radius 1 is 1.37 bits per heavy atom. The van der Waals surface area contributed by atoms with Crippen LogP contribution >= 0.6 is 0 Å². The van der Waals surface area contributed by atoms with E-state index in [-0.39, 0.29) is 12.4 Å². The molecule has 1 unspecified atom stereocenters. The molecule has 2 N–H and O–H groups in total. The minimum absolute atomic E-state index is 0.0347. The number of carboxylic acid groups (broad SMARTS) is 1. The largest absolute Gasteiger partial charge is 0.480 e. The lowest BCUT2D eigenvalue weighted by Crippen LogP contribution is -2.36. The first-order valence-electron chi connectivity index (χ1n) is 5.82. The van der Waals surface area contributed by atoms with Crippen molar-refractivity contribution in [2.75, 3.05) is 19.0 Å². The number of aliphatic carboxylic acids is 1. The molecule has 6 nitrogen and oxygen atoms in total. The van der Waals surface area contributed by atoms with Crippen LogP contribution in [-0.4, -0.2) is 38.5 Å². The molecule has 0 fully saturated rings. The lowest BCUT2D eigenvalue weighted by molar-refractivity contribution is -0.139. The zero-order valence-electron chi connectivity index (χ0n) is 10.6. The van der Waals surface area contributed by atoms with Crippen LogP contribution in [0.15, 0.2) is 30.3 Å². The summed E-state index contributed by atoms with van der Waals surface area (Å²) in [6.45, 7) is 2.20. The molecule has 0 saturated carbocycles. The first-order chi connectivity index (χ1) is 8.96. The molecule has 0 saturated heterocycles. The highest BCUT2D eigenvalue weighted by Gasteiger charge is 2.25. The average Bonchev–Trinajstić information content (AvgIpc) is 2.37. The first kappa shape index (κ1) is 15.6. The van der Waals surface area contributed by atoms with Gasteiger partial charge in [0.1, 0.15) is 6.04 Å². The van der Waals surface area contributed by atoms with Gasteiger partial charge in [0.05, 0.1) is 12.4 Å². The summed E-state index contributed by atoms with van der Waals surface area (Å²) in [4.78, 5) is 11.1. The van der Waals surface area contributed by atoms with Gasteiger partial charge in [-0.15, -0.1) is 0 Å². The van der Waals surface area contributed by atoms with Crippen LogP contribution in [0.3, 0.4) is 0 Å². The number of rotatable bonds is 8. The van der Waals surface area contributed by atoms with Crippen LogP contribution < -0.4 is 4.72 Å². The number of sulfonamides is 1. The molecule has 0 aromatic heterocycles. The van der Waals surface area contributed by atoms with Gasteiger partial charge in [-0.1, -0.05) is 30.3 Å². The van der Waals surface area contributed by atoms with Crippen molar-refractivity contribution in [3.05, 3.63) is 35.9 Å². The van der Waals surface area contributed by atoms with Gasteiger partial charge < -0.3 is 9.84 Å². The van der Waals surface area contributed by atoms with E-state index in [1.807, 2.05) is 0 Å². The second kappa shape index (κ2) is 7.22. The zero-order chi connectivity index (χ0) is 14.3. The van der Waals surface area contributed by atoms with Gasteiger partial charge in [0, 0.05) is 6.61 Å². The SMILES string of the molecule is CCOCCS(=O)(=O)NC(C(=O)O)c1ccccc1. The summed E-state index contributed by atoms with van der Waals surface area (Å²) in [6.07, 6.45) is 0. The van der Waals surface area contributed by atoms with E-state index >= 15 is 0 Å². The van der Waals surface area contributed by atoms with Gasteiger partial charge in [-0.05, 0) is 12.5 Å². The summed E-state index contributed by atoms with van der Waals surface area (Å²) in [7, 11) is -3.70. The summed E-state index contributed by atoms with van der Waals surface area (Å²) in [5.41, 5.74) is 0.384. The van der Waals surface area contributed by atoms with Gasteiger partial charge >= 0.3 is 5.97 Å². The van der Waals surface area contributed by atoms with Crippen molar-refractivity contribution in [3.8, 4) is 0 Å². The third-order valence-corrected chi connectivity index (χ3v) is 3.68. The standard InChI is InChI=1S/C12H17NO5S/c1-2-18-8-9-19(16,17)13-11(12(14)15)10-6-4-3-5-7-10/h3-7,11,13H,2,8-9H2,1H3,(H,14,15). The fraction of sp³-hybridized carbons (Fsp3) is 0.417. The van der Waals surface area contributed by atoms with E-state index in [2.05, 4.69) is 4.72 Å². The van der Waals surface area contributed by atoms with E-state index in [1.165, 1.54) is 0 Å². The van der Waals surface area contributed by atoms with Gasteiger partial charge in [-0.25, -0.2) is 8.42 Å². The number of carbonyl (C=O) groups is 1. The molecule has 0 radical (unpaired) electrons. The van der Waals surface area contributed by atoms with Crippen molar-refractivity contribution < 1.29 is 23.1 Å². The highest BCUT2D eigenvalue weighted by atomic mass is 32.2. The van der Waals surface area contributed by atoms with E-state index in [0.29, 0.717) is 12.2 Å². The van der Waals surface area contributed by atoms with E-state index in [0.717, 1.165) is 0 Å². The fourth-order valence-corrected chi connectivity index (χ4v) is 2.51. The Balaban J connectivity index is 2.77. The lowest BCUT2D eigenvalue weighted by Gasteiger charge is -2.15. The Bertz CT molecular complexity index is 500. The molecule has 19 heavy (non-hydrogen) atoms. The van der Waals surface area contributed by atoms with Crippen LogP contribution in [0.2, 0.25) is 0 Å². The van der Waals surface area contributed by atoms with Gasteiger partial charge in [-0.3, -0.25) is 4.79 Å². The van der Waals surface area contributed by atoms with Gasteiger partial charge in [0.2, 0.25) is 10.0 Å². The minimum atomic E-state index is -3.70. The summed E-state index contributed by atoms with van der Waals surface area (Å²) < 4.78 is 30.6. The highest BCUT2D eigenvalue weighted by molar-refractivity contribution is 7.89. The number of nitrogens with one attached hydrogen (secondary N) is 1. The molecule has 0 spiro atoms. The minimum Gasteiger partial charge on any atom is -0.480 e. The Kier molecular flexibility index (Phi) is 5.94. The highest BCUT2D eigenvalue weighted by Crippen LogP contribution is 2.13. The van der Waals surface area contributed by atoms with Crippen molar-refractivity contribution in [2.45, 2.75) is 13.0 Å². The molecule has 0 bridgehead atoms. The fourth-order valence-electron chi connectivity index (χ4n) is 1.46. The number of carboxylic acids is 1. The Morgan fingerprint density at radius 2 is 2.00 bits per heavy atom. The monoisotopic (exact) mass is 287 g/mol. The van der Waals surface area contributed by atoms with Crippen molar-refractivity contribution in [1.29, 1.82) is 0 Å². The number of benzene rings is 1. The van der Waals surface area contributed by atoms with Crippen LogP contribution in [0.25, 0.3) is 0 Å². The summed E-state index contributed by atoms with van der Waals surface area (Å²) >= 11 is 0. The summed E-state index contributed by atoms with van der Waals surface area (Å²) in [5.74, 6) is -1.51. The van der Waals surface area contributed by atoms with Gasteiger partial charge in [-0.2, -0.15) is 4.72 Å². The van der Waals surface area contributed by atoms with Crippen LogP contribution in [-0.2, 0) is 19.6 Å². The van der Waals surface area contributed by atoms with Gasteiger partial charge in [0.15, 0.2) is 0 Å². The quantitative estimate of drug-likeness (QED) is 0.689. The Labute approximate surface area is 112 Å².